The number of amides is 2. The smallest absolute Gasteiger partial charge is 0.272 e. The average molecular weight is 325 g/mol. The van der Waals surface area contributed by atoms with Crippen LogP contribution in [-0.4, -0.2) is 39.8 Å². The van der Waals surface area contributed by atoms with Crippen LogP contribution < -0.4 is 10.6 Å². The van der Waals surface area contributed by atoms with Crippen molar-refractivity contribution < 1.29 is 9.59 Å². The second kappa shape index (κ2) is 7.08. The van der Waals surface area contributed by atoms with Crippen molar-refractivity contribution >= 4 is 29.1 Å². The van der Waals surface area contributed by atoms with Gasteiger partial charge in [-0.05, 0) is 43.2 Å². The van der Waals surface area contributed by atoms with Gasteiger partial charge in [0.05, 0.1) is 0 Å². The number of likely N-dealkylation sites (tertiary alicyclic amines) is 1. The summed E-state index contributed by atoms with van der Waals surface area (Å²) in [5.41, 5.74) is 1.88. The minimum absolute atomic E-state index is 0.0565. The molecule has 124 valence electrons. The van der Waals surface area contributed by atoms with Gasteiger partial charge in [-0.3, -0.25) is 9.59 Å². The van der Waals surface area contributed by atoms with Crippen LogP contribution in [0.1, 0.15) is 30.3 Å². The highest BCUT2D eigenvalue weighted by Gasteiger charge is 2.20. The van der Waals surface area contributed by atoms with E-state index in [1.807, 2.05) is 17.0 Å². The SMILES string of the molecule is CC(=O)Nc1ccc(Nc2nccc(C(=O)N3CCCC3)n2)cc1. The summed E-state index contributed by atoms with van der Waals surface area (Å²) >= 11 is 0. The minimum Gasteiger partial charge on any atom is -0.337 e. The maximum Gasteiger partial charge on any atom is 0.272 e. The lowest BCUT2D eigenvalue weighted by Crippen LogP contribution is -2.28. The number of nitrogens with zero attached hydrogens (tertiary/aromatic N) is 3. The van der Waals surface area contributed by atoms with Gasteiger partial charge in [0.2, 0.25) is 11.9 Å². The van der Waals surface area contributed by atoms with Crippen LogP contribution in [0, 0.1) is 0 Å². The van der Waals surface area contributed by atoms with E-state index in [9.17, 15) is 9.59 Å². The standard InChI is InChI=1S/C17H19N5O2/c1-12(23)19-13-4-6-14(7-5-13)20-17-18-9-8-15(21-17)16(24)22-10-2-3-11-22/h4-9H,2-3,10-11H2,1H3,(H,19,23)(H,18,20,21). The van der Waals surface area contributed by atoms with E-state index in [4.69, 9.17) is 0 Å². The molecule has 0 saturated carbocycles. The fourth-order valence-electron chi connectivity index (χ4n) is 2.59. The largest absolute Gasteiger partial charge is 0.337 e. The molecule has 1 aliphatic rings. The summed E-state index contributed by atoms with van der Waals surface area (Å²) in [6, 6.07) is 8.81. The van der Waals surface area contributed by atoms with Crippen LogP contribution >= 0.6 is 0 Å². The maximum atomic E-state index is 12.4. The van der Waals surface area contributed by atoms with Gasteiger partial charge in [0.15, 0.2) is 0 Å². The third-order valence-electron chi connectivity index (χ3n) is 3.73. The quantitative estimate of drug-likeness (QED) is 0.901. The van der Waals surface area contributed by atoms with E-state index in [-0.39, 0.29) is 11.8 Å². The third-order valence-corrected chi connectivity index (χ3v) is 3.73. The topological polar surface area (TPSA) is 87.2 Å². The first-order valence-corrected chi connectivity index (χ1v) is 7.89. The Morgan fingerprint density at radius 1 is 1.04 bits per heavy atom. The number of hydrogen-bond donors (Lipinski definition) is 2. The lowest BCUT2D eigenvalue weighted by atomic mass is 10.3. The highest BCUT2D eigenvalue weighted by molar-refractivity contribution is 5.92. The van der Waals surface area contributed by atoms with Crippen molar-refractivity contribution in [2.75, 3.05) is 23.7 Å². The lowest BCUT2D eigenvalue weighted by Gasteiger charge is -2.14. The number of rotatable bonds is 4. The van der Waals surface area contributed by atoms with E-state index in [0.29, 0.717) is 17.3 Å². The normalized spacial score (nSPS) is 13.6. The average Bonchev–Trinajstić information content (AvgIpc) is 3.10. The van der Waals surface area contributed by atoms with Crippen molar-refractivity contribution in [1.82, 2.24) is 14.9 Å². The molecule has 3 rings (SSSR count). The van der Waals surface area contributed by atoms with Crippen LogP contribution in [0.5, 0.6) is 0 Å². The fourth-order valence-corrected chi connectivity index (χ4v) is 2.59. The predicted molar refractivity (Wildman–Crippen MR) is 91.2 cm³/mol. The van der Waals surface area contributed by atoms with E-state index in [1.54, 1.807) is 24.4 Å². The number of anilines is 3. The van der Waals surface area contributed by atoms with E-state index in [0.717, 1.165) is 31.6 Å². The van der Waals surface area contributed by atoms with Gasteiger partial charge in [-0.15, -0.1) is 0 Å². The lowest BCUT2D eigenvalue weighted by molar-refractivity contribution is -0.114. The van der Waals surface area contributed by atoms with Gasteiger partial charge in [-0.2, -0.15) is 0 Å². The Morgan fingerprint density at radius 2 is 1.71 bits per heavy atom. The summed E-state index contributed by atoms with van der Waals surface area (Å²) in [7, 11) is 0. The van der Waals surface area contributed by atoms with E-state index in [1.165, 1.54) is 6.92 Å². The zero-order valence-corrected chi connectivity index (χ0v) is 13.5. The van der Waals surface area contributed by atoms with Crippen LogP contribution in [-0.2, 0) is 4.79 Å². The molecule has 0 radical (unpaired) electrons. The van der Waals surface area contributed by atoms with Crippen molar-refractivity contribution in [2.45, 2.75) is 19.8 Å². The van der Waals surface area contributed by atoms with E-state index >= 15 is 0 Å². The van der Waals surface area contributed by atoms with Crippen LogP contribution in [0.3, 0.4) is 0 Å². The third kappa shape index (κ3) is 3.87. The Morgan fingerprint density at radius 3 is 2.38 bits per heavy atom. The van der Waals surface area contributed by atoms with Crippen molar-refractivity contribution in [3.05, 3.63) is 42.2 Å². The Balaban J connectivity index is 1.70. The molecule has 1 aromatic heterocycles. The molecule has 2 aromatic rings. The summed E-state index contributed by atoms with van der Waals surface area (Å²) in [6.07, 6.45) is 3.66. The molecule has 0 unspecified atom stereocenters. The number of hydrogen-bond acceptors (Lipinski definition) is 5. The summed E-state index contributed by atoms with van der Waals surface area (Å²) in [6.45, 7) is 3.04. The van der Waals surface area contributed by atoms with E-state index in [2.05, 4.69) is 20.6 Å². The van der Waals surface area contributed by atoms with Crippen molar-refractivity contribution in [2.24, 2.45) is 0 Å². The van der Waals surface area contributed by atoms with Gasteiger partial charge < -0.3 is 15.5 Å². The van der Waals surface area contributed by atoms with Crippen LogP contribution in [0.15, 0.2) is 36.5 Å². The molecule has 24 heavy (non-hydrogen) atoms. The molecule has 7 nitrogen and oxygen atoms in total. The zero-order chi connectivity index (χ0) is 16.9. The van der Waals surface area contributed by atoms with Crippen molar-refractivity contribution in [3.8, 4) is 0 Å². The van der Waals surface area contributed by atoms with Crippen LogP contribution in [0.25, 0.3) is 0 Å². The molecule has 0 spiro atoms. The molecule has 0 bridgehead atoms. The molecule has 1 fully saturated rings. The Bertz CT molecular complexity index is 739. The molecule has 2 N–H and O–H groups in total. The second-order valence-electron chi connectivity index (χ2n) is 5.65. The number of nitrogens with one attached hydrogen (secondary N) is 2. The Hall–Kier alpha value is -2.96. The highest BCUT2D eigenvalue weighted by Crippen LogP contribution is 2.17. The molecular weight excluding hydrogens is 306 g/mol. The van der Waals surface area contributed by atoms with Crippen molar-refractivity contribution in [3.63, 3.8) is 0 Å². The zero-order valence-electron chi connectivity index (χ0n) is 13.5. The molecule has 2 amide bonds. The first-order valence-electron chi connectivity index (χ1n) is 7.89. The molecule has 2 heterocycles. The van der Waals surface area contributed by atoms with Gasteiger partial charge in [0, 0.05) is 37.6 Å². The van der Waals surface area contributed by atoms with E-state index < -0.39 is 0 Å². The Kier molecular flexibility index (Phi) is 4.69. The number of carbonyl (C=O) groups excluding carboxylic acids is 2. The molecule has 0 atom stereocenters. The molecule has 1 aromatic carbocycles. The van der Waals surface area contributed by atoms with Gasteiger partial charge in [-0.1, -0.05) is 0 Å². The number of aromatic nitrogens is 2. The molecule has 7 heteroatoms. The number of benzene rings is 1. The highest BCUT2D eigenvalue weighted by atomic mass is 16.2. The molecule has 0 aliphatic carbocycles. The predicted octanol–water partition coefficient (Wildman–Crippen LogP) is 2.41. The molecule has 1 aliphatic heterocycles. The van der Waals surface area contributed by atoms with Crippen molar-refractivity contribution in [1.29, 1.82) is 0 Å². The maximum absolute atomic E-state index is 12.4. The minimum atomic E-state index is -0.118. The fraction of sp³-hybridized carbons (Fsp3) is 0.294. The van der Waals surface area contributed by atoms with Gasteiger partial charge >= 0.3 is 0 Å². The number of carbonyl (C=O) groups is 2. The summed E-state index contributed by atoms with van der Waals surface area (Å²) < 4.78 is 0. The van der Waals surface area contributed by atoms with Gasteiger partial charge in [0.1, 0.15) is 5.69 Å². The van der Waals surface area contributed by atoms with Gasteiger partial charge in [-0.25, -0.2) is 9.97 Å². The van der Waals surface area contributed by atoms with Gasteiger partial charge in [0.25, 0.3) is 5.91 Å². The Labute approximate surface area is 140 Å². The van der Waals surface area contributed by atoms with Crippen LogP contribution in [0.2, 0.25) is 0 Å². The first kappa shape index (κ1) is 15.9. The summed E-state index contributed by atoms with van der Waals surface area (Å²) in [4.78, 5) is 33.6. The molecular formula is C17H19N5O2. The van der Waals surface area contributed by atoms with Crippen LogP contribution in [0.4, 0.5) is 17.3 Å². The molecule has 1 saturated heterocycles. The second-order valence-corrected chi connectivity index (χ2v) is 5.65. The monoisotopic (exact) mass is 325 g/mol. The summed E-state index contributed by atoms with van der Waals surface area (Å²) in [5, 5.41) is 5.77. The summed E-state index contributed by atoms with van der Waals surface area (Å²) in [5.74, 6) is 0.193. The first-order chi connectivity index (χ1) is 11.6.